The summed E-state index contributed by atoms with van der Waals surface area (Å²) in [4.78, 5) is 35.6. The normalized spacial score (nSPS) is 12.3. The monoisotopic (exact) mass is 516 g/mol. The maximum atomic E-state index is 12.7. The van der Waals surface area contributed by atoms with E-state index in [1.165, 1.54) is 12.1 Å². The number of unbranched alkanes of at least 4 members (excludes halogenated alkanes) is 2. The van der Waals surface area contributed by atoms with Gasteiger partial charge in [-0.15, -0.1) is 0 Å². The van der Waals surface area contributed by atoms with Gasteiger partial charge in [-0.1, -0.05) is 38.0 Å². The molecule has 0 heterocycles. The van der Waals surface area contributed by atoms with Crippen molar-refractivity contribution < 1.29 is 27.9 Å². The van der Waals surface area contributed by atoms with Crippen molar-refractivity contribution in [2.45, 2.75) is 38.6 Å². The first-order valence-electron chi connectivity index (χ1n) is 11.4. The van der Waals surface area contributed by atoms with Crippen LogP contribution in [0.4, 0.5) is 11.4 Å². The highest BCUT2D eigenvalue weighted by Gasteiger charge is 2.23. The topological polar surface area (TPSA) is 168 Å². The van der Waals surface area contributed by atoms with Gasteiger partial charge in [0.2, 0.25) is 21.8 Å². The van der Waals surface area contributed by atoms with E-state index in [1.807, 2.05) is 6.92 Å². The molecular formula is C25H32N4O6S. The lowest BCUT2D eigenvalue weighted by Crippen LogP contribution is -2.47. The number of hydrogen-bond acceptors (Lipinski definition) is 6. The van der Waals surface area contributed by atoms with E-state index in [0.29, 0.717) is 29.0 Å². The molecule has 2 rings (SSSR count). The van der Waals surface area contributed by atoms with Gasteiger partial charge in [0.15, 0.2) is 0 Å². The average Bonchev–Trinajstić information content (AvgIpc) is 2.80. The molecule has 0 spiro atoms. The van der Waals surface area contributed by atoms with Crippen LogP contribution in [0.1, 0.15) is 47.7 Å². The zero-order valence-corrected chi connectivity index (χ0v) is 21.1. The Hall–Kier alpha value is -3.70. The Balaban J connectivity index is 2.37. The summed E-state index contributed by atoms with van der Waals surface area (Å²) in [5.74, 6) is -2.23. The Labute approximate surface area is 211 Å². The average molecular weight is 517 g/mol. The van der Waals surface area contributed by atoms with Gasteiger partial charge in [0, 0.05) is 18.3 Å². The first kappa shape index (κ1) is 28.5. The fraction of sp³-hybridized carbons (Fsp3) is 0.320. The first-order chi connectivity index (χ1) is 17.0. The summed E-state index contributed by atoms with van der Waals surface area (Å²) in [7, 11) is -3.67. The number of sulfonamides is 1. The first-order valence-corrected chi connectivity index (χ1v) is 13.3. The Kier molecular flexibility index (Phi) is 10.6. The molecule has 2 amide bonds. The molecule has 0 aliphatic heterocycles. The number of carbonyl (C=O) groups is 3. The fourth-order valence-corrected chi connectivity index (χ4v) is 4.19. The number of para-hydroxylation sites is 1. The highest BCUT2D eigenvalue weighted by atomic mass is 32.2. The van der Waals surface area contributed by atoms with E-state index >= 15 is 0 Å². The van der Waals surface area contributed by atoms with Crippen molar-refractivity contribution in [1.82, 2.24) is 10.0 Å². The summed E-state index contributed by atoms with van der Waals surface area (Å²) in [5, 5.41) is 15.3. The zero-order valence-electron chi connectivity index (χ0n) is 20.3. The van der Waals surface area contributed by atoms with E-state index in [0.717, 1.165) is 31.6 Å². The third-order valence-electron chi connectivity index (χ3n) is 5.16. The van der Waals surface area contributed by atoms with Crippen molar-refractivity contribution in [2.75, 3.05) is 18.1 Å². The molecule has 6 N–H and O–H groups in total. The van der Waals surface area contributed by atoms with E-state index in [-0.39, 0.29) is 12.0 Å². The molecule has 0 saturated heterocycles. The molecule has 1 atom stereocenters. The molecule has 11 heteroatoms. The van der Waals surface area contributed by atoms with E-state index in [9.17, 15) is 27.9 Å². The lowest BCUT2D eigenvalue weighted by molar-refractivity contribution is -0.122. The van der Waals surface area contributed by atoms with Crippen LogP contribution in [-0.4, -0.2) is 50.2 Å². The minimum absolute atomic E-state index is 0.0517. The van der Waals surface area contributed by atoms with Gasteiger partial charge in [-0.2, -0.15) is 0 Å². The Morgan fingerprint density at radius 1 is 1.08 bits per heavy atom. The van der Waals surface area contributed by atoms with Crippen LogP contribution in [-0.2, 0) is 26.0 Å². The molecule has 194 valence electrons. The summed E-state index contributed by atoms with van der Waals surface area (Å²) >= 11 is 0. The standard InChI is InChI=1S/C25H32N4O6S/c1-3-4-7-14-27-24(31)22(29-36(2,34)35)16-17-10-12-20(18(15-17)11-13-23(26)30)28-21-9-6-5-8-19(21)25(32)33/h5-6,8-13,15,22,28-29H,3-4,7,14,16H2,1-2H3,(H2,26,30)(H,27,31)(H,32,33)/b13-11+/t22-/m0/s1. The molecule has 0 fully saturated rings. The quantitative estimate of drug-likeness (QED) is 0.190. The smallest absolute Gasteiger partial charge is 0.337 e. The molecule has 0 aliphatic rings. The highest BCUT2D eigenvalue weighted by molar-refractivity contribution is 7.88. The second-order valence-electron chi connectivity index (χ2n) is 8.28. The lowest BCUT2D eigenvalue weighted by Gasteiger charge is -2.19. The molecule has 36 heavy (non-hydrogen) atoms. The van der Waals surface area contributed by atoms with Crippen molar-refractivity contribution in [2.24, 2.45) is 5.73 Å². The summed E-state index contributed by atoms with van der Waals surface area (Å²) in [6.45, 7) is 2.48. The van der Waals surface area contributed by atoms with Crippen LogP contribution < -0.4 is 21.1 Å². The molecule has 0 aromatic heterocycles. The van der Waals surface area contributed by atoms with Crippen LogP contribution in [0.5, 0.6) is 0 Å². The lowest BCUT2D eigenvalue weighted by atomic mass is 10.0. The minimum atomic E-state index is -3.67. The summed E-state index contributed by atoms with van der Waals surface area (Å²) < 4.78 is 26.2. The SMILES string of the molecule is CCCCCNC(=O)[C@H](Cc1ccc(Nc2ccccc2C(=O)O)c(/C=C/C(N)=O)c1)NS(C)(=O)=O. The molecule has 0 unspecified atom stereocenters. The number of aromatic carboxylic acids is 1. The van der Waals surface area contributed by atoms with Gasteiger partial charge in [0.05, 0.1) is 17.5 Å². The van der Waals surface area contributed by atoms with Crippen molar-refractivity contribution in [3.63, 3.8) is 0 Å². The van der Waals surface area contributed by atoms with Crippen LogP contribution in [0.15, 0.2) is 48.5 Å². The number of primary amides is 1. The summed E-state index contributed by atoms with van der Waals surface area (Å²) in [6, 6.07) is 10.3. The van der Waals surface area contributed by atoms with Gasteiger partial charge in [-0.3, -0.25) is 9.59 Å². The molecule has 0 radical (unpaired) electrons. The number of carboxylic acids is 1. The zero-order chi connectivity index (χ0) is 26.7. The number of nitrogens with one attached hydrogen (secondary N) is 3. The van der Waals surface area contributed by atoms with Crippen molar-refractivity contribution in [3.8, 4) is 0 Å². The molecule has 0 aliphatic carbocycles. The second-order valence-corrected chi connectivity index (χ2v) is 10.1. The van der Waals surface area contributed by atoms with Crippen molar-refractivity contribution >= 4 is 45.3 Å². The number of rotatable bonds is 14. The van der Waals surface area contributed by atoms with Crippen LogP contribution in [0.3, 0.4) is 0 Å². The Bertz CT molecular complexity index is 1230. The highest BCUT2D eigenvalue weighted by Crippen LogP contribution is 2.26. The van der Waals surface area contributed by atoms with Gasteiger partial charge >= 0.3 is 5.97 Å². The number of carbonyl (C=O) groups excluding carboxylic acids is 2. The summed E-state index contributed by atoms with van der Waals surface area (Å²) in [6.07, 6.45) is 6.36. The van der Waals surface area contributed by atoms with E-state index in [4.69, 9.17) is 5.73 Å². The van der Waals surface area contributed by atoms with Gasteiger partial charge in [-0.05, 0) is 54.3 Å². The number of benzene rings is 2. The van der Waals surface area contributed by atoms with Crippen LogP contribution in [0, 0.1) is 0 Å². The Morgan fingerprint density at radius 3 is 2.44 bits per heavy atom. The summed E-state index contributed by atoms with van der Waals surface area (Å²) in [5.41, 5.74) is 7.24. The number of nitrogens with two attached hydrogens (primary N) is 1. The number of carboxylic acid groups (broad SMARTS) is 1. The fourth-order valence-electron chi connectivity index (χ4n) is 3.48. The minimum Gasteiger partial charge on any atom is -0.478 e. The number of anilines is 2. The predicted molar refractivity (Wildman–Crippen MR) is 139 cm³/mol. The van der Waals surface area contributed by atoms with Crippen molar-refractivity contribution in [3.05, 3.63) is 65.2 Å². The molecule has 10 nitrogen and oxygen atoms in total. The molecule has 0 saturated carbocycles. The number of amides is 2. The third kappa shape index (κ3) is 9.51. The Morgan fingerprint density at radius 2 is 1.81 bits per heavy atom. The van der Waals surface area contributed by atoms with E-state index in [1.54, 1.807) is 36.4 Å². The van der Waals surface area contributed by atoms with E-state index < -0.39 is 33.8 Å². The largest absolute Gasteiger partial charge is 0.478 e. The number of hydrogen-bond donors (Lipinski definition) is 5. The third-order valence-corrected chi connectivity index (χ3v) is 5.87. The van der Waals surface area contributed by atoms with Gasteiger partial charge < -0.3 is 21.5 Å². The predicted octanol–water partition coefficient (Wildman–Crippen LogP) is 2.39. The maximum Gasteiger partial charge on any atom is 0.337 e. The van der Waals surface area contributed by atoms with Gasteiger partial charge in [-0.25, -0.2) is 17.9 Å². The molecular weight excluding hydrogens is 484 g/mol. The molecule has 0 bridgehead atoms. The van der Waals surface area contributed by atoms with Gasteiger partial charge in [0.1, 0.15) is 6.04 Å². The second kappa shape index (κ2) is 13.4. The van der Waals surface area contributed by atoms with Crippen molar-refractivity contribution in [1.29, 1.82) is 0 Å². The van der Waals surface area contributed by atoms with Crippen LogP contribution in [0.2, 0.25) is 0 Å². The molecule has 2 aromatic rings. The van der Waals surface area contributed by atoms with Gasteiger partial charge in [0.25, 0.3) is 0 Å². The van der Waals surface area contributed by atoms with E-state index in [2.05, 4.69) is 15.4 Å². The maximum absolute atomic E-state index is 12.7. The molecule has 2 aromatic carbocycles. The van der Waals surface area contributed by atoms with Crippen LogP contribution in [0.25, 0.3) is 6.08 Å². The van der Waals surface area contributed by atoms with Crippen LogP contribution >= 0.6 is 0 Å².